The topological polar surface area (TPSA) is 33.1 Å². The van der Waals surface area contributed by atoms with Crippen molar-refractivity contribution in [2.75, 3.05) is 27.2 Å². The fourth-order valence-electron chi connectivity index (χ4n) is 1.54. The number of rotatable bonds is 7. The molecule has 0 spiro atoms. The molecule has 0 amide bonds. The molecule has 1 aromatic rings. The molecule has 0 saturated carbocycles. The number of aromatic nitrogens is 2. The van der Waals surface area contributed by atoms with Gasteiger partial charge in [0.05, 0.1) is 5.69 Å². The number of hydrogen-bond donors (Lipinski definition) is 1. The molecule has 0 bridgehead atoms. The van der Waals surface area contributed by atoms with Gasteiger partial charge in [0.1, 0.15) is 0 Å². The second-order valence-corrected chi connectivity index (χ2v) is 4.88. The number of nitrogens with one attached hydrogen (secondary N) is 1. The van der Waals surface area contributed by atoms with Crippen molar-refractivity contribution < 1.29 is 0 Å². The van der Waals surface area contributed by atoms with Crippen molar-refractivity contribution >= 4 is 24.8 Å². The lowest BCUT2D eigenvalue weighted by atomic mass is 10.2. The Labute approximate surface area is 123 Å². The first kappa shape index (κ1) is 20.0. The van der Waals surface area contributed by atoms with Crippen LogP contribution in [0.15, 0.2) is 12.3 Å². The van der Waals surface area contributed by atoms with Crippen LogP contribution in [0.2, 0.25) is 0 Å². The molecule has 0 radical (unpaired) electrons. The highest BCUT2D eigenvalue weighted by molar-refractivity contribution is 5.85. The molecule has 0 unspecified atom stereocenters. The Bertz CT molecular complexity index is 300. The van der Waals surface area contributed by atoms with Crippen LogP contribution in [-0.4, -0.2) is 41.9 Å². The fourth-order valence-corrected chi connectivity index (χ4v) is 1.54. The summed E-state index contributed by atoms with van der Waals surface area (Å²) >= 11 is 0. The summed E-state index contributed by atoms with van der Waals surface area (Å²) in [6.45, 7) is 8.41. The van der Waals surface area contributed by atoms with Gasteiger partial charge in [0.15, 0.2) is 0 Å². The maximum absolute atomic E-state index is 4.34. The van der Waals surface area contributed by atoms with Crippen molar-refractivity contribution in [1.29, 1.82) is 0 Å². The first-order valence-electron chi connectivity index (χ1n) is 5.95. The van der Waals surface area contributed by atoms with E-state index < -0.39 is 0 Å². The van der Waals surface area contributed by atoms with Crippen LogP contribution in [0.5, 0.6) is 0 Å². The van der Waals surface area contributed by atoms with Crippen LogP contribution >= 0.6 is 24.8 Å². The van der Waals surface area contributed by atoms with Crippen LogP contribution in [0, 0.1) is 5.92 Å². The summed E-state index contributed by atoms with van der Waals surface area (Å²) in [5.74, 6) is 0.639. The van der Waals surface area contributed by atoms with E-state index in [2.05, 4.69) is 54.0 Å². The first-order valence-corrected chi connectivity index (χ1v) is 5.95. The van der Waals surface area contributed by atoms with Gasteiger partial charge in [-0.25, -0.2) is 0 Å². The zero-order valence-corrected chi connectivity index (χ0v) is 13.4. The Kier molecular flexibility index (Phi) is 11.8. The summed E-state index contributed by atoms with van der Waals surface area (Å²) < 4.78 is 2.09. The van der Waals surface area contributed by atoms with Crippen molar-refractivity contribution in [2.24, 2.45) is 5.92 Å². The number of hydrogen-bond acceptors (Lipinski definition) is 3. The number of nitrogens with zero attached hydrogens (tertiary/aromatic N) is 3. The molecule has 1 rings (SSSR count). The minimum atomic E-state index is 0. The van der Waals surface area contributed by atoms with E-state index in [9.17, 15) is 0 Å². The van der Waals surface area contributed by atoms with E-state index in [4.69, 9.17) is 0 Å². The van der Waals surface area contributed by atoms with Gasteiger partial charge >= 0.3 is 0 Å². The third kappa shape index (κ3) is 7.93. The van der Waals surface area contributed by atoms with E-state index in [-0.39, 0.29) is 24.8 Å². The Hall–Kier alpha value is -0.290. The molecule has 18 heavy (non-hydrogen) atoms. The molecule has 0 aliphatic heterocycles. The van der Waals surface area contributed by atoms with Gasteiger partial charge < -0.3 is 10.2 Å². The molecule has 4 nitrogen and oxygen atoms in total. The first-order chi connectivity index (χ1) is 7.59. The minimum Gasteiger partial charge on any atom is -0.310 e. The Balaban J connectivity index is 0. The lowest BCUT2D eigenvalue weighted by Gasteiger charge is -2.12. The zero-order valence-electron chi connectivity index (χ0n) is 11.7. The second-order valence-electron chi connectivity index (χ2n) is 4.88. The molecule has 1 aromatic heterocycles. The van der Waals surface area contributed by atoms with E-state index >= 15 is 0 Å². The highest BCUT2D eigenvalue weighted by Gasteiger charge is 2.03. The summed E-state index contributed by atoms with van der Waals surface area (Å²) in [5.41, 5.74) is 1.27. The predicted molar refractivity (Wildman–Crippen MR) is 81.8 cm³/mol. The molecule has 1 heterocycles. The van der Waals surface area contributed by atoms with Crippen molar-refractivity contribution in [3.05, 3.63) is 18.0 Å². The highest BCUT2D eigenvalue weighted by Crippen LogP contribution is 2.03. The molecule has 108 valence electrons. The fraction of sp³-hybridized carbons (Fsp3) is 0.750. The van der Waals surface area contributed by atoms with Gasteiger partial charge in [-0.3, -0.25) is 4.68 Å². The Morgan fingerprint density at radius 2 is 2.00 bits per heavy atom. The average molecular weight is 297 g/mol. The van der Waals surface area contributed by atoms with Crippen LogP contribution in [-0.2, 0) is 13.1 Å². The maximum atomic E-state index is 4.34. The minimum absolute atomic E-state index is 0. The summed E-state index contributed by atoms with van der Waals surface area (Å²) in [4.78, 5) is 2.18. The van der Waals surface area contributed by atoms with Crippen molar-refractivity contribution in [3.63, 3.8) is 0 Å². The normalized spacial score (nSPS) is 10.3. The van der Waals surface area contributed by atoms with Gasteiger partial charge in [-0.2, -0.15) is 5.10 Å². The molecular weight excluding hydrogens is 271 g/mol. The maximum Gasteiger partial charge on any atom is 0.0522 e. The second kappa shape index (κ2) is 10.6. The third-order valence-corrected chi connectivity index (χ3v) is 2.38. The Morgan fingerprint density at radius 1 is 1.33 bits per heavy atom. The third-order valence-electron chi connectivity index (χ3n) is 2.38. The van der Waals surface area contributed by atoms with E-state index in [1.165, 1.54) is 5.69 Å². The zero-order chi connectivity index (χ0) is 12.0. The molecule has 0 atom stereocenters. The summed E-state index contributed by atoms with van der Waals surface area (Å²) in [5, 5.41) is 7.77. The van der Waals surface area contributed by atoms with Gasteiger partial charge in [-0.05, 0) is 26.1 Å². The van der Waals surface area contributed by atoms with Gasteiger partial charge in [-0.15, -0.1) is 24.8 Å². The molecular formula is C12H26Cl2N4. The summed E-state index contributed by atoms with van der Waals surface area (Å²) in [6, 6.07) is 2.09. The largest absolute Gasteiger partial charge is 0.310 e. The van der Waals surface area contributed by atoms with Gasteiger partial charge in [0.25, 0.3) is 0 Å². The van der Waals surface area contributed by atoms with Crippen LogP contribution in [0.25, 0.3) is 0 Å². The van der Waals surface area contributed by atoms with E-state index in [1.807, 2.05) is 6.20 Å². The van der Waals surface area contributed by atoms with Gasteiger partial charge in [-0.1, -0.05) is 13.8 Å². The Morgan fingerprint density at radius 3 is 2.56 bits per heavy atom. The van der Waals surface area contributed by atoms with Crippen molar-refractivity contribution in [2.45, 2.75) is 26.9 Å². The average Bonchev–Trinajstić information content (AvgIpc) is 2.59. The van der Waals surface area contributed by atoms with Gasteiger partial charge in [0.2, 0.25) is 0 Å². The number of halogens is 2. The molecule has 0 fully saturated rings. The SMILES string of the molecule is CC(C)Cn1nccc1CNCCN(C)C.Cl.Cl. The number of likely N-dealkylation sites (N-methyl/N-ethyl adjacent to an activating group) is 1. The molecule has 6 heteroatoms. The monoisotopic (exact) mass is 296 g/mol. The molecule has 1 N–H and O–H groups in total. The van der Waals surface area contributed by atoms with Crippen molar-refractivity contribution in [1.82, 2.24) is 20.0 Å². The van der Waals surface area contributed by atoms with Crippen LogP contribution < -0.4 is 5.32 Å². The lowest BCUT2D eigenvalue weighted by molar-refractivity contribution is 0.395. The summed E-state index contributed by atoms with van der Waals surface area (Å²) in [6.07, 6.45) is 1.88. The molecule has 0 aromatic carbocycles. The van der Waals surface area contributed by atoms with Crippen LogP contribution in [0.1, 0.15) is 19.5 Å². The summed E-state index contributed by atoms with van der Waals surface area (Å²) in [7, 11) is 4.18. The molecule has 0 aliphatic rings. The van der Waals surface area contributed by atoms with Crippen LogP contribution in [0.4, 0.5) is 0 Å². The lowest BCUT2D eigenvalue weighted by Crippen LogP contribution is -2.27. The molecule has 0 saturated heterocycles. The highest BCUT2D eigenvalue weighted by atomic mass is 35.5. The van der Waals surface area contributed by atoms with E-state index in [0.717, 1.165) is 26.2 Å². The quantitative estimate of drug-likeness (QED) is 0.782. The smallest absolute Gasteiger partial charge is 0.0522 e. The van der Waals surface area contributed by atoms with E-state index in [0.29, 0.717) is 5.92 Å². The van der Waals surface area contributed by atoms with E-state index in [1.54, 1.807) is 0 Å². The van der Waals surface area contributed by atoms with Crippen LogP contribution in [0.3, 0.4) is 0 Å². The van der Waals surface area contributed by atoms with Gasteiger partial charge in [0, 0.05) is 32.4 Å². The predicted octanol–water partition coefficient (Wildman–Crippen LogP) is 2.03. The van der Waals surface area contributed by atoms with Crippen molar-refractivity contribution in [3.8, 4) is 0 Å². The standard InChI is InChI=1S/C12H24N4.2ClH/c1-11(2)10-16-12(5-6-14-16)9-13-7-8-15(3)4;;/h5-6,11,13H,7-10H2,1-4H3;2*1H. The molecule has 0 aliphatic carbocycles.